The van der Waals surface area contributed by atoms with Crippen molar-refractivity contribution in [3.05, 3.63) is 42.1 Å². The van der Waals surface area contributed by atoms with E-state index in [1.807, 2.05) is 13.8 Å². The lowest BCUT2D eigenvalue weighted by Gasteiger charge is -2.23. The molecule has 10 heteroatoms. The quantitative estimate of drug-likeness (QED) is 0.545. The Morgan fingerprint density at radius 2 is 1.97 bits per heavy atom. The fourth-order valence-corrected chi connectivity index (χ4v) is 2.76. The number of carbonyl (C=O) groups is 1. The number of fused-ring (bicyclic) bond motifs is 1. The molecule has 0 bridgehead atoms. The van der Waals surface area contributed by atoms with Crippen molar-refractivity contribution in [1.82, 2.24) is 24.9 Å². The Morgan fingerprint density at radius 3 is 2.63 bits per heavy atom. The van der Waals surface area contributed by atoms with Gasteiger partial charge in [0.1, 0.15) is 17.7 Å². The fourth-order valence-electron chi connectivity index (χ4n) is 2.76. The van der Waals surface area contributed by atoms with E-state index in [4.69, 9.17) is 0 Å². The Balaban J connectivity index is 1.92. The zero-order valence-corrected chi connectivity index (χ0v) is 17.1. The third kappa shape index (κ3) is 4.70. The van der Waals surface area contributed by atoms with Crippen molar-refractivity contribution in [2.45, 2.75) is 45.5 Å². The number of pyridine rings is 1. The lowest BCUT2D eigenvalue weighted by Crippen LogP contribution is -2.42. The molecule has 0 radical (unpaired) electrons. The number of hydrogen-bond donors (Lipinski definition) is 3. The molecule has 0 saturated carbocycles. The van der Waals surface area contributed by atoms with Crippen molar-refractivity contribution >= 4 is 17.2 Å². The van der Waals surface area contributed by atoms with E-state index in [0.717, 1.165) is 6.20 Å². The van der Waals surface area contributed by atoms with Gasteiger partial charge in [-0.2, -0.15) is 5.10 Å². The Bertz CT molecular complexity index is 1060. The molecular formula is C20H24F2N6O2. The lowest BCUT2D eigenvalue weighted by molar-refractivity contribution is -0.00177. The average molecular weight is 418 g/mol. The van der Waals surface area contributed by atoms with Gasteiger partial charge in [-0.05, 0) is 33.8 Å². The molecule has 1 unspecified atom stereocenters. The maximum atomic E-state index is 14.0. The number of halogens is 2. The number of nitrogens with one attached hydrogen (secondary N) is 2. The summed E-state index contributed by atoms with van der Waals surface area (Å²) in [4.78, 5) is 21.1. The summed E-state index contributed by atoms with van der Waals surface area (Å²) in [6, 6.07) is 2.92. The molecule has 3 rings (SSSR count). The van der Waals surface area contributed by atoms with E-state index in [0.29, 0.717) is 22.7 Å². The van der Waals surface area contributed by atoms with Gasteiger partial charge in [0.25, 0.3) is 5.91 Å². The van der Waals surface area contributed by atoms with E-state index in [-0.39, 0.29) is 18.2 Å². The number of anilines is 1. The first-order valence-electron chi connectivity index (χ1n) is 9.47. The minimum Gasteiger partial charge on any atom is -0.387 e. The second-order valence-corrected chi connectivity index (χ2v) is 7.83. The first-order chi connectivity index (χ1) is 14.1. The van der Waals surface area contributed by atoms with Crippen LogP contribution in [0.4, 0.5) is 14.5 Å². The standard InChI is InChI=1S/C20H24F2N6O2/c1-11(2)27-14-6-15(16-9-24-18-5-12(21)7-26-28(16)18)23-8-13(14)19(29)25-10-17(22)20(3,4)30/h5-9,11,17,30H,10H2,1-4H3,(H,23,27)(H,25,29). The SMILES string of the molecule is CC(C)Nc1cc(-c2cnc3cc(F)cnn23)ncc1C(=O)NCC(F)C(C)(C)O. The highest BCUT2D eigenvalue weighted by Crippen LogP contribution is 2.25. The van der Waals surface area contributed by atoms with Gasteiger partial charge in [0.15, 0.2) is 5.65 Å². The number of aromatic nitrogens is 4. The third-order valence-electron chi connectivity index (χ3n) is 4.39. The zero-order chi connectivity index (χ0) is 22.1. The van der Waals surface area contributed by atoms with Gasteiger partial charge in [0.2, 0.25) is 0 Å². The summed E-state index contributed by atoms with van der Waals surface area (Å²) in [5.74, 6) is -1.03. The third-order valence-corrected chi connectivity index (χ3v) is 4.39. The van der Waals surface area contributed by atoms with Gasteiger partial charge in [-0.3, -0.25) is 9.78 Å². The lowest BCUT2D eigenvalue weighted by atomic mass is 10.0. The van der Waals surface area contributed by atoms with Crippen molar-refractivity contribution in [2.24, 2.45) is 0 Å². The summed E-state index contributed by atoms with van der Waals surface area (Å²) in [5.41, 5.74) is 0.471. The average Bonchev–Trinajstić information content (AvgIpc) is 3.07. The Kier molecular flexibility index (Phi) is 5.97. The van der Waals surface area contributed by atoms with E-state index >= 15 is 0 Å². The van der Waals surface area contributed by atoms with Crippen molar-refractivity contribution in [2.75, 3.05) is 11.9 Å². The van der Waals surface area contributed by atoms with E-state index in [1.54, 1.807) is 6.07 Å². The molecule has 3 heterocycles. The number of imidazole rings is 1. The largest absolute Gasteiger partial charge is 0.387 e. The number of alkyl halides is 1. The van der Waals surface area contributed by atoms with Gasteiger partial charge >= 0.3 is 0 Å². The van der Waals surface area contributed by atoms with Crippen LogP contribution >= 0.6 is 0 Å². The number of amides is 1. The molecule has 3 aromatic rings. The number of aliphatic hydroxyl groups is 1. The molecule has 0 saturated heterocycles. The van der Waals surface area contributed by atoms with E-state index in [9.17, 15) is 18.7 Å². The minimum atomic E-state index is -1.63. The molecule has 1 amide bonds. The summed E-state index contributed by atoms with van der Waals surface area (Å²) < 4.78 is 28.8. The summed E-state index contributed by atoms with van der Waals surface area (Å²) in [7, 11) is 0. The van der Waals surface area contributed by atoms with Gasteiger partial charge in [-0.1, -0.05) is 0 Å². The monoisotopic (exact) mass is 418 g/mol. The van der Waals surface area contributed by atoms with Gasteiger partial charge in [0.05, 0.1) is 41.5 Å². The molecule has 0 aliphatic carbocycles. The molecule has 30 heavy (non-hydrogen) atoms. The molecule has 1 atom stereocenters. The highest BCUT2D eigenvalue weighted by molar-refractivity contribution is 6.00. The van der Waals surface area contributed by atoms with Crippen molar-refractivity contribution < 1.29 is 18.7 Å². The maximum absolute atomic E-state index is 14.0. The van der Waals surface area contributed by atoms with Crippen molar-refractivity contribution in [1.29, 1.82) is 0 Å². The van der Waals surface area contributed by atoms with Crippen LogP contribution in [0.3, 0.4) is 0 Å². The van der Waals surface area contributed by atoms with Crippen molar-refractivity contribution in [3.8, 4) is 11.4 Å². The molecular weight excluding hydrogens is 394 g/mol. The van der Waals surface area contributed by atoms with Gasteiger partial charge in [0, 0.05) is 18.3 Å². The summed E-state index contributed by atoms with van der Waals surface area (Å²) >= 11 is 0. The molecule has 0 aliphatic heterocycles. The highest BCUT2D eigenvalue weighted by Gasteiger charge is 2.27. The van der Waals surface area contributed by atoms with E-state index in [1.165, 1.54) is 36.8 Å². The Hall–Kier alpha value is -3.14. The van der Waals surface area contributed by atoms with Gasteiger partial charge < -0.3 is 15.7 Å². The van der Waals surface area contributed by atoms with E-state index in [2.05, 4.69) is 25.7 Å². The van der Waals surface area contributed by atoms with Crippen LogP contribution in [0.1, 0.15) is 38.1 Å². The number of rotatable bonds is 7. The molecule has 3 aromatic heterocycles. The highest BCUT2D eigenvalue weighted by atomic mass is 19.1. The second kappa shape index (κ2) is 8.31. The molecule has 0 spiro atoms. The molecule has 8 nitrogen and oxygen atoms in total. The van der Waals surface area contributed by atoms with Gasteiger partial charge in [-0.15, -0.1) is 0 Å². The molecule has 0 fully saturated rings. The number of hydrogen-bond acceptors (Lipinski definition) is 6. The Labute approximate surface area is 172 Å². The summed E-state index contributed by atoms with van der Waals surface area (Å²) in [6.07, 6.45) is 2.33. The van der Waals surface area contributed by atoms with Crippen LogP contribution in [0.2, 0.25) is 0 Å². The van der Waals surface area contributed by atoms with Crippen LogP contribution in [0.5, 0.6) is 0 Å². The number of carbonyl (C=O) groups excluding carboxylic acids is 1. The topological polar surface area (TPSA) is 104 Å². The van der Waals surface area contributed by atoms with Crippen molar-refractivity contribution in [3.63, 3.8) is 0 Å². The predicted octanol–water partition coefficient (Wildman–Crippen LogP) is 2.59. The Morgan fingerprint density at radius 1 is 1.23 bits per heavy atom. The molecule has 0 aliphatic rings. The normalized spacial score (nSPS) is 12.9. The van der Waals surface area contributed by atoms with E-state index < -0.39 is 23.5 Å². The number of nitrogens with zero attached hydrogens (tertiary/aromatic N) is 4. The van der Waals surface area contributed by atoms with Crippen LogP contribution in [0, 0.1) is 5.82 Å². The van der Waals surface area contributed by atoms with Crippen LogP contribution in [-0.4, -0.2) is 55.0 Å². The van der Waals surface area contributed by atoms with Crippen LogP contribution in [-0.2, 0) is 0 Å². The van der Waals surface area contributed by atoms with Crippen LogP contribution < -0.4 is 10.6 Å². The maximum Gasteiger partial charge on any atom is 0.255 e. The molecule has 3 N–H and O–H groups in total. The first-order valence-corrected chi connectivity index (χ1v) is 9.47. The molecule has 160 valence electrons. The van der Waals surface area contributed by atoms with Crippen LogP contribution in [0.15, 0.2) is 30.7 Å². The summed E-state index contributed by atoms with van der Waals surface area (Å²) in [6.45, 7) is 6.15. The second-order valence-electron chi connectivity index (χ2n) is 7.83. The molecule has 0 aromatic carbocycles. The fraction of sp³-hybridized carbons (Fsp3) is 0.400. The predicted molar refractivity (Wildman–Crippen MR) is 108 cm³/mol. The summed E-state index contributed by atoms with van der Waals surface area (Å²) in [5, 5.41) is 19.4. The first kappa shape index (κ1) is 21.6. The van der Waals surface area contributed by atoms with Crippen LogP contribution in [0.25, 0.3) is 17.0 Å². The zero-order valence-electron chi connectivity index (χ0n) is 17.1. The minimum absolute atomic E-state index is 0.00602. The van der Waals surface area contributed by atoms with Gasteiger partial charge in [-0.25, -0.2) is 18.3 Å². The smallest absolute Gasteiger partial charge is 0.255 e.